The summed E-state index contributed by atoms with van der Waals surface area (Å²) in [5.74, 6) is 0.782. The molecule has 1 nitrogen and oxygen atoms in total. The average molecular weight is 274 g/mol. The molecule has 0 spiro atoms. The molecular formula is C7H15IOS. The summed E-state index contributed by atoms with van der Waals surface area (Å²) in [6, 6.07) is 0. The molecule has 0 saturated carbocycles. The third-order valence-electron chi connectivity index (χ3n) is 1.44. The fraction of sp³-hybridized carbons (Fsp3) is 1.00. The minimum Gasteiger partial charge on any atom is -0.361 e. The first-order valence-electron chi connectivity index (χ1n) is 3.44. The van der Waals surface area contributed by atoms with Crippen molar-refractivity contribution in [3.05, 3.63) is 0 Å². The van der Waals surface area contributed by atoms with E-state index >= 15 is 0 Å². The highest BCUT2D eigenvalue weighted by Gasteiger charge is 2.18. The van der Waals surface area contributed by atoms with Crippen molar-refractivity contribution in [2.24, 2.45) is 0 Å². The van der Waals surface area contributed by atoms with Gasteiger partial charge in [0, 0.05) is 5.75 Å². The molecule has 0 rings (SSSR count). The van der Waals surface area contributed by atoms with Gasteiger partial charge in [0.05, 0.1) is 5.60 Å². The van der Waals surface area contributed by atoms with E-state index in [0.717, 1.165) is 12.2 Å². The molecule has 0 aliphatic rings. The number of rotatable bonds is 4. The standard InChI is InChI=1S/C7H15IOS/c1-4-7(2,3)9-6(8)5-10/h6,10H,4-5H2,1-3H3. The van der Waals surface area contributed by atoms with Gasteiger partial charge < -0.3 is 4.74 Å². The van der Waals surface area contributed by atoms with E-state index in [9.17, 15) is 0 Å². The topological polar surface area (TPSA) is 9.23 Å². The van der Waals surface area contributed by atoms with E-state index in [0.29, 0.717) is 0 Å². The van der Waals surface area contributed by atoms with E-state index < -0.39 is 0 Å². The Balaban J connectivity index is 3.64. The summed E-state index contributed by atoms with van der Waals surface area (Å²) >= 11 is 6.39. The second-order valence-electron chi connectivity index (χ2n) is 2.82. The SMILES string of the molecule is CCC(C)(C)OC(I)CS. The van der Waals surface area contributed by atoms with Crippen LogP contribution in [0.5, 0.6) is 0 Å². The molecule has 3 heteroatoms. The zero-order valence-corrected chi connectivity index (χ0v) is 9.78. The predicted molar refractivity (Wildman–Crippen MR) is 57.1 cm³/mol. The first-order valence-corrected chi connectivity index (χ1v) is 5.32. The molecule has 10 heavy (non-hydrogen) atoms. The third kappa shape index (κ3) is 4.79. The number of thiol groups is 1. The molecule has 0 fully saturated rings. The van der Waals surface area contributed by atoms with Crippen LogP contribution in [0.25, 0.3) is 0 Å². The monoisotopic (exact) mass is 274 g/mol. The van der Waals surface area contributed by atoms with Gasteiger partial charge in [-0.15, -0.1) is 0 Å². The van der Waals surface area contributed by atoms with Crippen LogP contribution in [-0.2, 0) is 4.74 Å². The lowest BCUT2D eigenvalue weighted by Crippen LogP contribution is -2.27. The number of hydrogen-bond donors (Lipinski definition) is 1. The van der Waals surface area contributed by atoms with E-state index in [1.807, 2.05) is 0 Å². The van der Waals surface area contributed by atoms with Crippen molar-refractivity contribution in [3.8, 4) is 0 Å². The lowest BCUT2D eigenvalue weighted by Gasteiger charge is -2.26. The lowest BCUT2D eigenvalue weighted by molar-refractivity contribution is -0.0196. The molecule has 1 atom stereocenters. The molecule has 0 radical (unpaired) electrons. The first-order chi connectivity index (χ1) is 4.52. The highest BCUT2D eigenvalue weighted by Crippen LogP contribution is 2.19. The summed E-state index contributed by atoms with van der Waals surface area (Å²) in [7, 11) is 0. The van der Waals surface area contributed by atoms with Crippen molar-refractivity contribution < 1.29 is 4.74 Å². The van der Waals surface area contributed by atoms with Gasteiger partial charge >= 0.3 is 0 Å². The Morgan fingerprint density at radius 2 is 2.10 bits per heavy atom. The van der Waals surface area contributed by atoms with Crippen molar-refractivity contribution in [1.82, 2.24) is 0 Å². The number of halogens is 1. The molecule has 0 heterocycles. The van der Waals surface area contributed by atoms with Gasteiger partial charge in [-0.3, -0.25) is 0 Å². The minimum atomic E-state index is 0.00852. The zero-order chi connectivity index (χ0) is 8.20. The molecule has 0 aromatic heterocycles. The van der Waals surface area contributed by atoms with E-state index in [1.165, 1.54) is 0 Å². The Kier molecular flexibility index (Phi) is 5.33. The summed E-state index contributed by atoms with van der Waals surface area (Å²) in [6.07, 6.45) is 1.04. The largest absolute Gasteiger partial charge is 0.361 e. The maximum absolute atomic E-state index is 5.65. The van der Waals surface area contributed by atoms with Crippen molar-refractivity contribution in [2.75, 3.05) is 5.75 Å². The van der Waals surface area contributed by atoms with Gasteiger partial charge in [-0.2, -0.15) is 12.6 Å². The van der Waals surface area contributed by atoms with Crippen molar-refractivity contribution >= 4 is 35.2 Å². The maximum atomic E-state index is 5.65. The molecule has 0 bridgehead atoms. The van der Waals surface area contributed by atoms with Crippen molar-refractivity contribution in [3.63, 3.8) is 0 Å². The Morgan fingerprint density at radius 3 is 2.40 bits per heavy atom. The first kappa shape index (κ1) is 11.0. The number of hydrogen-bond acceptors (Lipinski definition) is 2. The molecule has 0 aromatic rings. The van der Waals surface area contributed by atoms with Crippen LogP contribution in [0.3, 0.4) is 0 Å². The van der Waals surface area contributed by atoms with Gasteiger partial charge in [-0.25, -0.2) is 0 Å². The summed E-state index contributed by atoms with van der Waals surface area (Å²) in [6.45, 7) is 6.33. The summed E-state index contributed by atoms with van der Waals surface area (Å²) in [5, 5.41) is 0. The summed E-state index contributed by atoms with van der Waals surface area (Å²) in [5.41, 5.74) is 0.00852. The normalized spacial score (nSPS) is 15.3. The van der Waals surface area contributed by atoms with Crippen LogP contribution < -0.4 is 0 Å². The summed E-state index contributed by atoms with van der Waals surface area (Å²) < 4.78 is 5.88. The van der Waals surface area contributed by atoms with Crippen molar-refractivity contribution in [1.29, 1.82) is 0 Å². The second kappa shape index (κ2) is 4.83. The summed E-state index contributed by atoms with van der Waals surface area (Å²) in [4.78, 5) is 0. The van der Waals surface area contributed by atoms with Crippen LogP contribution in [0.15, 0.2) is 0 Å². The molecule has 0 N–H and O–H groups in total. The lowest BCUT2D eigenvalue weighted by atomic mass is 10.1. The van der Waals surface area contributed by atoms with E-state index in [2.05, 4.69) is 56.0 Å². The van der Waals surface area contributed by atoms with Crippen molar-refractivity contribution in [2.45, 2.75) is 36.9 Å². The molecule has 62 valence electrons. The quantitative estimate of drug-likeness (QED) is 0.471. The molecule has 0 aromatic carbocycles. The highest BCUT2D eigenvalue weighted by molar-refractivity contribution is 14.1. The Hall–Kier alpha value is 1.04. The molecule has 0 saturated heterocycles. The van der Waals surface area contributed by atoms with Crippen LogP contribution in [-0.4, -0.2) is 15.5 Å². The van der Waals surface area contributed by atoms with Gasteiger partial charge in [-0.1, -0.05) is 29.5 Å². The van der Waals surface area contributed by atoms with Gasteiger partial charge in [0.25, 0.3) is 0 Å². The van der Waals surface area contributed by atoms with Gasteiger partial charge in [0.1, 0.15) is 4.11 Å². The van der Waals surface area contributed by atoms with Crippen LogP contribution in [0, 0.1) is 0 Å². The Bertz CT molecular complexity index is 95.6. The average Bonchev–Trinajstić information content (AvgIpc) is 1.87. The molecule has 1 unspecified atom stereocenters. The molecule has 0 aliphatic heterocycles. The second-order valence-corrected chi connectivity index (χ2v) is 4.58. The van der Waals surface area contributed by atoms with Crippen LogP contribution in [0.4, 0.5) is 0 Å². The van der Waals surface area contributed by atoms with Gasteiger partial charge in [0.2, 0.25) is 0 Å². The highest BCUT2D eigenvalue weighted by atomic mass is 127. The minimum absolute atomic E-state index is 0.00852. The van der Waals surface area contributed by atoms with Crippen LogP contribution >= 0.6 is 35.2 Å². The number of ether oxygens (including phenoxy) is 1. The maximum Gasteiger partial charge on any atom is 0.118 e. The van der Waals surface area contributed by atoms with E-state index in [4.69, 9.17) is 4.74 Å². The zero-order valence-electron chi connectivity index (χ0n) is 6.72. The van der Waals surface area contributed by atoms with Gasteiger partial charge in [-0.05, 0) is 20.3 Å². The van der Waals surface area contributed by atoms with E-state index in [1.54, 1.807) is 0 Å². The fourth-order valence-electron chi connectivity index (χ4n) is 0.467. The Labute approximate surface area is 82.5 Å². The molecular weight excluding hydrogens is 259 g/mol. The van der Waals surface area contributed by atoms with Crippen LogP contribution in [0.2, 0.25) is 0 Å². The smallest absolute Gasteiger partial charge is 0.118 e. The fourth-order valence-corrected chi connectivity index (χ4v) is 1.23. The van der Waals surface area contributed by atoms with Crippen LogP contribution in [0.1, 0.15) is 27.2 Å². The third-order valence-corrected chi connectivity index (χ3v) is 3.16. The number of alkyl halides is 1. The van der Waals surface area contributed by atoms with Gasteiger partial charge in [0.15, 0.2) is 0 Å². The predicted octanol–water partition coefficient (Wildman–Crippen LogP) is 2.88. The Morgan fingerprint density at radius 1 is 1.60 bits per heavy atom. The molecule has 0 aliphatic carbocycles. The van der Waals surface area contributed by atoms with E-state index in [-0.39, 0.29) is 9.71 Å². The molecule has 0 amide bonds.